The Kier molecular flexibility index (Phi) is 36.7. The van der Waals surface area contributed by atoms with Crippen molar-refractivity contribution in [1.82, 2.24) is 0 Å². The molecule has 0 aliphatic rings. The SMILES string of the molecule is NC(=O)O.OO.[H-].[Na+]. The molecule has 0 radical (unpaired) electrons. The van der Waals surface area contributed by atoms with Crippen LogP contribution < -0.4 is 35.3 Å². The van der Waals surface area contributed by atoms with Crippen molar-refractivity contribution < 1.29 is 51.4 Å². The van der Waals surface area contributed by atoms with Gasteiger partial charge in [0, 0.05) is 0 Å². The van der Waals surface area contributed by atoms with Crippen molar-refractivity contribution in [3.05, 3.63) is 0 Å². The van der Waals surface area contributed by atoms with E-state index in [9.17, 15) is 0 Å². The molecule has 0 atom stereocenters. The van der Waals surface area contributed by atoms with Gasteiger partial charge in [0.15, 0.2) is 0 Å². The Balaban J connectivity index is -0.0000000183. The maximum Gasteiger partial charge on any atom is 1.00 e. The van der Waals surface area contributed by atoms with E-state index >= 15 is 0 Å². The molecule has 0 aliphatic carbocycles. The number of nitrogens with two attached hydrogens (primary N) is 1. The van der Waals surface area contributed by atoms with Crippen molar-refractivity contribution >= 4 is 6.09 Å². The second kappa shape index (κ2) is 16.4. The Labute approximate surface area is 63.5 Å². The molecule has 5 nitrogen and oxygen atoms in total. The third-order valence-electron chi connectivity index (χ3n) is 0. The van der Waals surface area contributed by atoms with E-state index in [2.05, 4.69) is 5.73 Å². The largest absolute Gasteiger partial charge is 1.00 e. The molecule has 6 heteroatoms. The molecule has 0 saturated heterocycles. The molecule has 0 spiro atoms. The molecular weight excluding hydrogens is 113 g/mol. The predicted molar refractivity (Wildman–Crippen MR) is 18.6 cm³/mol. The summed E-state index contributed by atoms with van der Waals surface area (Å²) in [5.41, 5.74) is 4.03. The fourth-order valence-corrected chi connectivity index (χ4v) is 0. The van der Waals surface area contributed by atoms with Gasteiger partial charge in [0.2, 0.25) is 0 Å². The molecule has 40 valence electrons. The topological polar surface area (TPSA) is 104 Å². The average molecular weight is 119 g/mol. The number of primary amides is 1. The molecule has 7 heavy (non-hydrogen) atoms. The smallest absolute Gasteiger partial charge is 1.00 e. The third-order valence-corrected chi connectivity index (χ3v) is 0. The summed E-state index contributed by atoms with van der Waals surface area (Å²) in [6, 6.07) is 0. The maximum atomic E-state index is 8.78. The first-order valence-corrected chi connectivity index (χ1v) is 0.916. The molecule has 0 aromatic rings. The van der Waals surface area contributed by atoms with Crippen LogP contribution in [0, 0.1) is 0 Å². The Hall–Kier alpha value is 0.190. The van der Waals surface area contributed by atoms with Crippen molar-refractivity contribution in [1.29, 1.82) is 0 Å². The molecule has 0 unspecified atom stereocenters. The van der Waals surface area contributed by atoms with E-state index in [-0.39, 0.29) is 31.0 Å². The van der Waals surface area contributed by atoms with Gasteiger partial charge in [-0.15, -0.1) is 0 Å². The van der Waals surface area contributed by atoms with Gasteiger partial charge in [-0.2, -0.15) is 0 Å². The third kappa shape index (κ3) is 3010. The van der Waals surface area contributed by atoms with Crippen LogP contribution in [0.2, 0.25) is 0 Å². The number of hydrogen-bond donors (Lipinski definition) is 4. The summed E-state index contributed by atoms with van der Waals surface area (Å²) in [7, 11) is 0. The Morgan fingerprint density at radius 1 is 1.57 bits per heavy atom. The van der Waals surface area contributed by atoms with E-state index in [0.717, 1.165) is 0 Å². The summed E-state index contributed by atoms with van der Waals surface area (Å²) in [5.74, 6) is 0. The fraction of sp³-hybridized carbons (Fsp3) is 0. The van der Waals surface area contributed by atoms with Crippen LogP contribution in [-0.4, -0.2) is 21.7 Å². The average Bonchev–Trinajstić information content (AvgIpc) is 1.41. The predicted octanol–water partition coefficient (Wildman–Crippen LogP) is -3.24. The zero-order valence-corrected chi connectivity index (χ0v) is 5.83. The van der Waals surface area contributed by atoms with Crippen LogP contribution in [0.25, 0.3) is 0 Å². The van der Waals surface area contributed by atoms with Gasteiger partial charge >= 0.3 is 35.7 Å². The van der Waals surface area contributed by atoms with Gasteiger partial charge in [-0.1, -0.05) is 0 Å². The van der Waals surface area contributed by atoms with Crippen LogP contribution in [0.3, 0.4) is 0 Å². The standard InChI is InChI=1S/CH3NO2.Na.H2O2.H/c2-1(3)4;;1-2;/h2H2,(H,3,4);;1-2H;/q;+1;;-1. The Morgan fingerprint density at radius 2 is 1.57 bits per heavy atom. The van der Waals surface area contributed by atoms with Crippen molar-refractivity contribution in [2.75, 3.05) is 0 Å². The van der Waals surface area contributed by atoms with E-state index in [1.807, 2.05) is 0 Å². The quantitative estimate of drug-likeness (QED) is 0.153. The molecule has 0 bridgehead atoms. The Morgan fingerprint density at radius 3 is 1.57 bits per heavy atom. The van der Waals surface area contributed by atoms with Crippen LogP contribution in [0.1, 0.15) is 1.43 Å². The Bertz CT molecular complexity index is 39.0. The number of carbonyl (C=O) groups is 1. The number of rotatable bonds is 0. The minimum absolute atomic E-state index is 0. The van der Waals surface area contributed by atoms with Crippen molar-refractivity contribution in [3.63, 3.8) is 0 Å². The first kappa shape index (κ1) is 15.7. The molecule has 0 rings (SSSR count). The van der Waals surface area contributed by atoms with Crippen LogP contribution >= 0.6 is 0 Å². The van der Waals surface area contributed by atoms with Gasteiger partial charge in [-0.3, -0.25) is 10.5 Å². The van der Waals surface area contributed by atoms with Gasteiger partial charge in [-0.25, -0.2) is 4.79 Å². The summed E-state index contributed by atoms with van der Waals surface area (Å²) >= 11 is 0. The molecule has 0 aromatic heterocycles. The van der Waals surface area contributed by atoms with E-state index in [0.29, 0.717) is 0 Å². The molecule has 0 heterocycles. The zero-order valence-electron chi connectivity index (χ0n) is 4.83. The minimum atomic E-state index is -1.33. The first-order valence-electron chi connectivity index (χ1n) is 0.916. The van der Waals surface area contributed by atoms with Gasteiger partial charge in [-0.05, 0) is 0 Å². The van der Waals surface area contributed by atoms with Crippen LogP contribution in [-0.2, 0) is 0 Å². The zero-order chi connectivity index (χ0) is 5.58. The van der Waals surface area contributed by atoms with Crippen molar-refractivity contribution in [2.45, 2.75) is 0 Å². The van der Waals surface area contributed by atoms with Gasteiger partial charge in [0.25, 0.3) is 0 Å². The summed E-state index contributed by atoms with van der Waals surface area (Å²) in [4.78, 5) is 8.78. The van der Waals surface area contributed by atoms with Gasteiger partial charge < -0.3 is 12.3 Å². The maximum absolute atomic E-state index is 8.78. The monoisotopic (exact) mass is 119 g/mol. The number of amides is 1. The van der Waals surface area contributed by atoms with Gasteiger partial charge in [0.1, 0.15) is 0 Å². The summed E-state index contributed by atoms with van der Waals surface area (Å²) in [5, 5.41) is 19.2. The fourth-order valence-electron chi connectivity index (χ4n) is 0. The molecule has 0 aromatic carbocycles. The summed E-state index contributed by atoms with van der Waals surface area (Å²) < 4.78 is 0. The minimum Gasteiger partial charge on any atom is -1.00 e. The normalized spacial score (nSPS) is 4.29. The molecule has 0 fully saturated rings. The molecule has 5 N–H and O–H groups in total. The summed E-state index contributed by atoms with van der Waals surface area (Å²) in [6.45, 7) is 0. The van der Waals surface area contributed by atoms with Crippen LogP contribution in [0.4, 0.5) is 4.79 Å². The molecule has 1 amide bonds. The molecule has 0 saturated carbocycles. The van der Waals surface area contributed by atoms with E-state index in [1.165, 1.54) is 0 Å². The van der Waals surface area contributed by atoms with Gasteiger partial charge in [0.05, 0.1) is 0 Å². The van der Waals surface area contributed by atoms with Crippen molar-refractivity contribution in [3.8, 4) is 0 Å². The van der Waals surface area contributed by atoms with Crippen LogP contribution in [0.5, 0.6) is 0 Å². The van der Waals surface area contributed by atoms with Crippen LogP contribution in [0.15, 0.2) is 0 Å². The number of hydrogen-bond acceptors (Lipinski definition) is 3. The second-order valence-corrected chi connectivity index (χ2v) is 0.338. The number of carboxylic acid groups (broad SMARTS) is 1. The molecule has 0 aliphatic heterocycles. The van der Waals surface area contributed by atoms with E-state index < -0.39 is 6.09 Å². The molecular formula is CH6NNaO4. The summed E-state index contributed by atoms with van der Waals surface area (Å²) in [6.07, 6.45) is -1.33. The van der Waals surface area contributed by atoms with E-state index in [4.69, 9.17) is 20.4 Å². The first-order chi connectivity index (χ1) is 2.73. The second-order valence-electron chi connectivity index (χ2n) is 0.338. The van der Waals surface area contributed by atoms with Crippen molar-refractivity contribution in [2.24, 2.45) is 5.73 Å². The van der Waals surface area contributed by atoms with E-state index in [1.54, 1.807) is 0 Å².